The van der Waals surface area contributed by atoms with E-state index in [4.69, 9.17) is 0 Å². The second kappa shape index (κ2) is 5.01. The first-order chi connectivity index (χ1) is 9.60. The molecule has 0 aliphatic carbocycles. The van der Waals surface area contributed by atoms with Crippen molar-refractivity contribution in [2.75, 3.05) is 13.1 Å². The van der Waals surface area contributed by atoms with Crippen LogP contribution < -0.4 is 0 Å². The number of rotatable bonds is 2. The molecule has 1 fully saturated rings. The highest BCUT2D eigenvalue weighted by atomic mass is 32.1. The maximum absolute atomic E-state index is 12.4. The molecule has 2 aromatic heterocycles. The van der Waals surface area contributed by atoms with E-state index in [0.717, 1.165) is 25.9 Å². The molecule has 0 N–H and O–H groups in total. The van der Waals surface area contributed by atoms with Gasteiger partial charge in [0, 0.05) is 43.3 Å². The summed E-state index contributed by atoms with van der Waals surface area (Å²) in [7, 11) is 1.80. The van der Waals surface area contributed by atoms with Crippen LogP contribution >= 0.6 is 11.3 Å². The van der Waals surface area contributed by atoms with E-state index in [1.807, 2.05) is 16.5 Å². The second-order valence-corrected chi connectivity index (χ2v) is 6.42. The summed E-state index contributed by atoms with van der Waals surface area (Å²) in [5, 5.41) is 7.27. The number of thiazole rings is 1. The molecule has 3 heterocycles. The number of amides is 1. The molecule has 6 heteroatoms. The van der Waals surface area contributed by atoms with Crippen LogP contribution in [0.25, 0.3) is 0 Å². The van der Waals surface area contributed by atoms with Crippen LogP contribution in [-0.4, -0.2) is 38.7 Å². The molecule has 0 saturated carbocycles. The van der Waals surface area contributed by atoms with Crippen LogP contribution in [0.2, 0.25) is 0 Å². The summed E-state index contributed by atoms with van der Waals surface area (Å²) in [5.41, 5.74) is 0.764. The van der Waals surface area contributed by atoms with Gasteiger partial charge in [0.15, 0.2) is 0 Å². The number of aryl methyl sites for hydroxylation is 1. The monoisotopic (exact) mass is 290 g/mol. The Morgan fingerprint density at radius 2 is 2.10 bits per heavy atom. The maximum Gasteiger partial charge on any atom is 0.272 e. The highest BCUT2D eigenvalue weighted by Gasteiger charge is 2.35. The number of likely N-dealkylation sites (tertiary alicyclic amines) is 1. The first-order valence-corrected chi connectivity index (χ1v) is 7.65. The van der Waals surface area contributed by atoms with Crippen LogP contribution in [-0.2, 0) is 12.5 Å². The van der Waals surface area contributed by atoms with Gasteiger partial charge in [-0.1, -0.05) is 6.92 Å². The van der Waals surface area contributed by atoms with Crippen LogP contribution in [0.15, 0.2) is 23.8 Å². The van der Waals surface area contributed by atoms with Gasteiger partial charge in [-0.05, 0) is 18.9 Å². The van der Waals surface area contributed by atoms with Crippen molar-refractivity contribution in [1.29, 1.82) is 0 Å². The highest BCUT2D eigenvalue weighted by molar-refractivity contribution is 7.09. The van der Waals surface area contributed by atoms with E-state index in [0.29, 0.717) is 5.69 Å². The first-order valence-electron chi connectivity index (χ1n) is 6.77. The van der Waals surface area contributed by atoms with E-state index in [2.05, 4.69) is 17.0 Å². The first kappa shape index (κ1) is 13.3. The second-order valence-electron chi connectivity index (χ2n) is 5.53. The Kier molecular flexibility index (Phi) is 3.33. The van der Waals surface area contributed by atoms with Crippen LogP contribution in [0.5, 0.6) is 0 Å². The number of carbonyl (C=O) groups excluding carboxylic acids is 1. The van der Waals surface area contributed by atoms with Gasteiger partial charge in [-0.2, -0.15) is 5.10 Å². The van der Waals surface area contributed by atoms with E-state index in [-0.39, 0.29) is 11.3 Å². The normalized spacial score (nSPS) is 18.2. The number of aromatic nitrogens is 3. The Bertz CT molecular complexity index is 596. The lowest BCUT2D eigenvalue weighted by Gasteiger charge is -2.38. The van der Waals surface area contributed by atoms with E-state index in [9.17, 15) is 4.79 Å². The Hall–Kier alpha value is -1.69. The molecule has 106 valence electrons. The summed E-state index contributed by atoms with van der Waals surface area (Å²) in [4.78, 5) is 18.8. The topological polar surface area (TPSA) is 51.0 Å². The Balaban J connectivity index is 1.70. The fraction of sp³-hybridized carbons (Fsp3) is 0.500. The lowest BCUT2D eigenvalue weighted by molar-refractivity contribution is 0.0665. The third kappa shape index (κ3) is 2.24. The summed E-state index contributed by atoms with van der Waals surface area (Å²) >= 11 is 1.71. The lowest BCUT2D eigenvalue weighted by atomic mass is 9.81. The van der Waals surface area contributed by atoms with Gasteiger partial charge < -0.3 is 4.90 Å². The molecule has 0 unspecified atom stereocenters. The highest BCUT2D eigenvalue weighted by Crippen LogP contribution is 2.36. The largest absolute Gasteiger partial charge is 0.337 e. The van der Waals surface area contributed by atoms with Crippen molar-refractivity contribution in [2.24, 2.45) is 7.05 Å². The lowest BCUT2D eigenvalue weighted by Crippen LogP contribution is -2.44. The molecule has 0 spiro atoms. The summed E-state index contributed by atoms with van der Waals surface area (Å²) in [6.45, 7) is 3.80. The molecule has 2 aromatic rings. The fourth-order valence-corrected chi connectivity index (χ4v) is 3.55. The minimum Gasteiger partial charge on any atom is -0.337 e. The Morgan fingerprint density at radius 3 is 2.65 bits per heavy atom. The Morgan fingerprint density at radius 1 is 1.35 bits per heavy atom. The summed E-state index contributed by atoms with van der Waals surface area (Å²) < 4.78 is 1.64. The average Bonchev–Trinajstić information content (AvgIpc) is 3.10. The van der Waals surface area contributed by atoms with Crippen LogP contribution in [0.1, 0.15) is 35.3 Å². The maximum atomic E-state index is 12.4. The van der Waals surface area contributed by atoms with E-state index >= 15 is 0 Å². The van der Waals surface area contributed by atoms with E-state index < -0.39 is 0 Å². The predicted molar refractivity (Wildman–Crippen MR) is 77.8 cm³/mol. The van der Waals surface area contributed by atoms with Gasteiger partial charge >= 0.3 is 0 Å². The van der Waals surface area contributed by atoms with Crippen molar-refractivity contribution in [3.05, 3.63) is 34.5 Å². The van der Waals surface area contributed by atoms with Gasteiger partial charge in [-0.25, -0.2) is 4.98 Å². The van der Waals surface area contributed by atoms with Crippen molar-refractivity contribution >= 4 is 17.2 Å². The zero-order chi connectivity index (χ0) is 14.2. The number of carbonyl (C=O) groups is 1. The zero-order valence-corrected chi connectivity index (χ0v) is 12.6. The average molecular weight is 290 g/mol. The van der Waals surface area contributed by atoms with Crippen LogP contribution in [0.4, 0.5) is 0 Å². The molecule has 1 aliphatic rings. The number of nitrogens with zero attached hydrogens (tertiary/aromatic N) is 4. The van der Waals surface area contributed by atoms with Gasteiger partial charge in [0.05, 0.1) is 5.01 Å². The third-order valence-corrected chi connectivity index (χ3v) is 5.22. The summed E-state index contributed by atoms with van der Waals surface area (Å²) in [5.74, 6) is 0.0752. The third-order valence-electron chi connectivity index (χ3n) is 4.14. The standard InChI is InChI=1S/C14H18N4OS/c1-14(13-15-7-10-20-13)4-8-18(9-5-14)12(19)11-3-6-16-17(11)2/h3,6-7,10H,4-5,8-9H2,1-2H3. The molecule has 1 saturated heterocycles. The number of hydrogen-bond donors (Lipinski definition) is 0. The van der Waals surface area contributed by atoms with E-state index in [1.165, 1.54) is 5.01 Å². The SMILES string of the molecule is Cn1nccc1C(=O)N1CCC(C)(c2nccs2)CC1. The fourth-order valence-electron chi connectivity index (χ4n) is 2.68. The molecule has 0 aromatic carbocycles. The number of piperidine rings is 1. The summed E-state index contributed by atoms with van der Waals surface area (Å²) in [6, 6.07) is 1.77. The molecular formula is C14H18N4OS. The van der Waals surface area contributed by atoms with Gasteiger partial charge in [-0.3, -0.25) is 9.48 Å². The van der Waals surface area contributed by atoms with Gasteiger partial charge in [0.1, 0.15) is 5.69 Å². The smallest absolute Gasteiger partial charge is 0.272 e. The van der Waals surface area contributed by atoms with Gasteiger partial charge in [-0.15, -0.1) is 11.3 Å². The van der Waals surface area contributed by atoms with Crippen molar-refractivity contribution in [3.8, 4) is 0 Å². The van der Waals surface area contributed by atoms with E-state index in [1.54, 1.807) is 35.3 Å². The minimum atomic E-state index is 0.0752. The number of hydrogen-bond acceptors (Lipinski definition) is 4. The van der Waals surface area contributed by atoms with Crippen molar-refractivity contribution in [3.63, 3.8) is 0 Å². The molecule has 0 bridgehead atoms. The van der Waals surface area contributed by atoms with Crippen LogP contribution in [0, 0.1) is 0 Å². The van der Waals surface area contributed by atoms with Gasteiger partial charge in [0.25, 0.3) is 5.91 Å². The zero-order valence-electron chi connectivity index (χ0n) is 11.7. The Labute approximate surface area is 122 Å². The molecule has 1 aliphatic heterocycles. The quantitative estimate of drug-likeness (QED) is 0.851. The molecule has 0 radical (unpaired) electrons. The van der Waals surface area contributed by atoms with Crippen molar-refractivity contribution in [2.45, 2.75) is 25.2 Å². The summed E-state index contributed by atoms with van der Waals surface area (Å²) in [6.07, 6.45) is 5.45. The molecule has 5 nitrogen and oxygen atoms in total. The van der Waals surface area contributed by atoms with Crippen LogP contribution in [0.3, 0.4) is 0 Å². The van der Waals surface area contributed by atoms with Gasteiger partial charge in [0.2, 0.25) is 0 Å². The van der Waals surface area contributed by atoms with Crippen molar-refractivity contribution in [1.82, 2.24) is 19.7 Å². The predicted octanol–water partition coefficient (Wildman–Crippen LogP) is 2.07. The molecule has 1 amide bonds. The molecule has 3 rings (SSSR count). The molecule has 0 atom stereocenters. The minimum absolute atomic E-state index is 0.0752. The molecular weight excluding hydrogens is 272 g/mol. The van der Waals surface area contributed by atoms with Crippen molar-refractivity contribution < 1.29 is 4.79 Å². The molecule has 20 heavy (non-hydrogen) atoms.